The lowest BCUT2D eigenvalue weighted by Crippen LogP contribution is -2.13. The molecule has 0 amide bonds. The summed E-state index contributed by atoms with van der Waals surface area (Å²) in [5, 5.41) is 10.1. The first-order valence-corrected chi connectivity index (χ1v) is 7.29. The lowest BCUT2D eigenvalue weighted by atomic mass is 9.96. The molecule has 6 nitrogen and oxygen atoms in total. The number of ether oxygens (including phenoxy) is 4. The molecule has 2 rings (SSSR count). The van der Waals surface area contributed by atoms with Gasteiger partial charge >= 0.3 is 5.97 Å². The molecule has 23 heavy (non-hydrogen) atoms. The summed E-state index contributed by atoms with van der Waals surface area (Å²) < 4.78 is 21.3. The molecule has 1 N–H and O–H groups in total. The number of allylic oxidation sites excluding steroid dienone is 1. The molecule has 0 bridgehead atoms. The SMILES string of the molecule is COC(=O)c1c(OC)c(C)c(OCC=C(C)C)c2c1C(O)OC2. The smallest absolute Gasteiger partial charge is 0.342 e. The Morgan fingerprint density at radius 3 is 2.61 bits per heavy atom. The van der Waals surface area contributed by atoms with Gasteiger partial charge in [-0.15, -0.1) is 0 Å². The highest BCUT2D eigenvalue weighted by Crippen LogP contribution is 2.45. The van der Waals surface area contributed by atoms with E-state index < -0.39 is 12.3 Å². The van der Waals surface area contributed by atoms with Crippen molar-refractivity contribution in [1.29, 1.82) is 0 Å². The lowest BCUT2D eigenvalue weighted by molar-refractivity contribution is -0.0923. The van der Waals surface area contributed by atoms with E-state index in [9.17, 15) is 9.90 Å². The minimum Gasteiger partial charge on any atom is -0.495 e. The highest BCUT2D eigenvalue weighted by Gasteiger charge is 2.35. The number of hydrogen-bond acceptors (Lipinski definition) is 6. The second kappa shape index (κ2) is 7.02. The molecule has 1 aliphatic heterocycles. The van der Waals surface area contributed by atoms with Crippen LogP contribution in [0.15, 0.2) is 11.6 Å². The Hall–Kier alpha value is -2.05. The minimum atomic E-state index is -1.21. The summed E-state index contributed by atoms with van der Waals surface area (Å²) >= 11 is 0. The molecule has 1 aromatic carbocycles. The quantitative estimate of drug-likeness (QED) is 0.663. The number of hydrogen-bond donors (Lipinski definition) is 1. The van der Waals surface area contributed by atoms with Gasteiger partial charge in [0.05, 0.1) is 20.8 Å². The molecular weight excluding hydrogens is 300 g/mol. The number of aliphatic hydroxyl groups excluding tert-OH is 1. The van der Waals surface area contributed by atoms with Gasteiger partial charge in [0.2, 0.25) is 0 Å². The Morgan fingerprint density at radius 1 is 1.35 bits per heavy atom. The van der Waals surface area contributed by atoms with Crippen LogP contribution in [0.2, 0.25) is 0 Å². The molecule has 0 saturated carbocycles. The molecule has 1 aromatic rings. The van der Waals surface area contributed by atoms with Crippen LogP contribution in [0.25, 0.3) is 0 Å². The summed E-state index contributed by atoms with van der Waals surface area (Å²) in [5.41, 5.74) is 2.99. The van der Waals surface area contributed by atoms with Crippen molar-refractivity contribution in [3.8, 4) is 11.5 Å². The van der Waals surface area contributed by atoms with E-state index in [-0.39, 0.29) is 12.2 Å². The van der Waals surface area contributed by atoms with Crippen molar-refractivity contribution >= 4 is 5.97 Å². The van der Waals surface area contributed by atoms with Crippen molar-refractivity contribution in [2.75, 3.05) is 20.8 Å². The topological polar surface area (TPSA) is 74.2 Å². The maximum absolute atomic E-state index is 12.1. The van der Waals surface area contributed by atoms with Gasteiger partial charge in [-0.3, -0.25) is 0 Å². The van der Waals surface area contributed by atoms with Crippen LogP contribution < -0.4 is 9.47 Å². The summed E-state index contributed by atoms with van der Waals surface area (Å²) in [6, 6.07) is 0. The highest BCUT2D eigenvalue weighted by atomic mass is 16.6. The average molecular weight is 322 g/mol. The van der Waals surface area contributed by atoms with Gasteiger partial charge in [-0.05, 0) is 26.8 Å². The zero-order valence-corrected chi connectivity index (χ0v) is 14.1. The molecule has 0 aliphatic carbocycles. The Bertz CT molecular complexity index is 643. The number of carbonyl (C=O) groups is 1. The Labute approximate surface area is 135 Å². The zero-order chi connectivity index (χ0) is 17.1. The van der Waals surface area contributed by atoms with Crippen molar-refractivity contribution in [2.45, 2.75) is 33.7 Å². The Kier molecular flexibility index (Phi) is 5.28. The van der Waals surface area contributed by atoms with Crippen molar-refractivity contribution in [1.82, 2.24) is 0 Å². The highest BCUT2D eigenvalue weighted by molar-refractivity contribution is 5.96. The summed E-state index contributed by atoms with van der Waals surface area (Å²) in [7, 11) is 2.74. The van der Waals surface area contributed by atoms with Crippen LogP contribution in [0.3, 0.4) is 0 Å². The molecule has 126 valence electrons. The number of esters is 1. The number of benzene rings is 1. The van der Waals surface area contributed by atoms with E-state index in [1.807, 2.05) is 19.9 Å². The number of aliphatic hydroxyl groups is 1. The first kappa shape index (κ1) is 17.3. The third-order valence-electron chi connectivity index (χ3n) is 3.72. The van der Waals surface area contributed by atoms with Crippen molar-refractivity contribution in [3.05, 3.63) is 33.9 Å². The largest absolute Gasteiger partial charge is 0.495 e. The summed E-state index contributed by atoms with van der Waals surface area (Å²) in [6.07, 6.45) is 0.734. The maximum Gasteiger partial charge on any atom is 0.342 e. The summed E-state index contributed by atoms with van der Waals surface area (Å²) in [5.74, 6) is 0.313. The fourth-order valence-electron chi connectivity index (χ4n) is 2.62. The van der Waals surface area contributed by atoms with Crippen LogP contribution >= 0.6 is 0 Å². The monoisotopic (exact) mass is 322 g/mol. The number of methoxy groups -OCH3 is 2. The minimum absolute atomic E-state index is 0.162. The van der Waals surface area contributed by atoms with Crippen LogP contribution in [0.4, 0.5) is 0 Å². The first-order valence-electron chi connectivity index (χ1n) is 7.29. The van der Waals surface area contributed by atoms with E-state index in [2.05, 4.69) is 0 Å². The lowest BCUT2D eigenvalue weighted by Gasteiger charge is -2.19. The van der Waals surface area contributed by atoms with Crippen LogP contribution in [0.1, 0.15) is 47.2 Å². The Morgan fingerprint density at radius 2 is 2.04 bits per heavy atom. The normalized spacial score (nSPS) is 15.8. The molecule has 0 saturated heterocycles. The van der Waals surface area contributed by atoms with Gasteiger partial charge in [0.1, 0.15) is 23.7 Å². The molecule has 6 heteroatoms. The van der Waals surface area contributed by atoms with E-state index in [0.29, 0.717) is 34.8 Å². The van der Waals surface area contributed by atoms with Gasteiger partial charge in [-0.2, -0.15) is 0 Å². The molecule has 1 heterocycles. The van der Waals surface area contributed by atoms with Gasteiger partial charge < -0.3 is 24.1 Å². The van der Waals surface area contributed by atoms with Crippen LogP contribution in [0.5, 0.6) is 11.5 Å². The molecule has 1 atom stereocenters. The van der Waals surface area contributed by atoms with Crippen molar-refractivity contribution in [2.24, 2.45) is 0 Å². The van der Waals surface area contributed by atoms with Crippen LogP contribution in [-0.2, 0) is 16.1 Å². The molecule has 0 aromatic heterocycles. The molecule has 0 radical (unpaired) electrons. The standard InChI is InChI=1S/C17H22O6/c1-9(2)6-7-22-14-10(3)15(20-4)13(16(18)21-5)12-11(14)8-23-17(12)19/h6,17,19H,7-8H2,1-5H3. The van der Waals surface area contributed by atoms with Gasteiger partial charge in [-0.25, -0.2) is 4.79 Å². The molecule has 0 fully saturated rings. The van der Waals surface area contributed by atoms with E-state index >= 15 is 0 Å². The number of carbonyl (C=O) groups excluding carboxylic acids is 1. The fraction of sp³-hybridized carbons (Fsp3) is 0.471. The zero-order valence-electron chi connectivity index (χ0n) is 14.1. The van der Waals surface area contributed by atoms with Gasteiger partial charge in [0.15, 0.2) is 6.29 Å². The summed E-state index contributed by atoms with van der Waals surface area (Å²) in [4.78, 5) is 12.1. The molecular formula is C17H22O6. The van der Waals surface area contributed by atoms with Gasteiger partial charge in [0.25, 0.3) is 0 Å². The fourth-order valence-corrected chi connectivity index (χ4v) is 2.62. The van der Waals surface area contributed by atoms with Gasteiger partial charge in [0, 0.05) is 16.7 Å². The van der Waals surface area contributed by atoms with Crippen molar-refractivity contribution in [3.63, 3.8) is 0 Å². The number of fused-ring (bicyclic) bond motifs is 1. The second-order valence-electron chi connectivity index (χ2n) is 5.50. The third kappa shape index (κ3) is 3.18. The summed E-state index contributed by atoms with van der Waals surface area (Å²) in [6.45, 7) is 6.30. The van der Waals surface area contributed by atoms with E-state index in [4.69, 9.17) is 18.9 Å². The third-order valence-corrected chi connectivity index (χ3v) is 3.72. The number of rotatable bonds is 5. The Balaban J connectivity index is 2.61. The van der Waals surface area contributed by atoms with Gasteiger partial charge in [-0.1, -0.05) is 5.57 Å². The maximum atomic E-state index is 12.1. The second-order valence-corrected chi connectivity index (χ2v) is 5.50. The van der Waals surface area contributed by atoms with Crippen LogP contribution in [0, 0.1) is 6.92 Å². The van der Waals surface area contributed by atoms with E-state index in [0.717, 1.165) is 5.57 Å². The van der Waals surface area contributed by atoms with Crippen LogP contribution in [-0.4, -0.2) is 31.9 Å². The van der Waals surface area contributed by atoms with Crippen molar-refractivity contribution < 1.29 is 28.8 Å². The predicted octanol–water partition coefficient (Wildman–Crippen LogP) is 2.66. The predicted molar refractivity (Wildman–Crippen MR) is 83.7 cm³/mol. The first-order chi connectivity index (χ1) is 10.9. The molecule has 0 spiro atoms. The molecule has 1 aliphatic rings. The van der Waals surface area contributed by atoms with E-state index in [1.165, 1.54) is 14.2 Å². The van der Waals surface area contributed by atoms with E-state index in [1.54, 1.807) is 6.92 Å². The average Bonchev–Trinajstić information content (AvgIpc) is 2.89. The molecule has 1 unspecified atom stereocenters.